The van der Waals surface area contributed by atoms with Gasteiger partial charge in [-0.3, -0.25) is 9.36 Å². The van der Waals surface area contributed by atoms with Crippen LogP contribution in [0.5, 0.6) is 0 Å². The third-order valence-corrected chi connectivity index (χ3v) is 2.86. The number of aryl methyl sites for hydroxylation is 1. The number of allylic oxidation sites excluding steroid dienone is 1. The van der Waals surface area contributed by atoms with Gasteiger partial charge in [0.15, 0.2) is 4.77 Å². The number of nitrogens with one attached hydrogen (secondary N) is 1. The van der Waals surface area contributed by atoms with Crippen LogP contribution in [0.3, 0.4) is 0 Å². The minimum absolute atomic E-state index is 0.0673. The van der Waals surface area contributed by atoms with Gasteiger partial charge in [-0.1, -0.05) is 18.2 Å². The summed E-state index contributed by atoms with van der Waals surface area (Å²) in [7, 11) is 0. The maximum atomic E-state index is 12.1. The molecule has 0 atom stereocenters. The second-order valence-corrected chi connectivity index (χ2v) is 4.02. The molecular formula is C12H12N2OS. The molecule has 3 nitrogen and oxygen atoms in total. The number of benzene rings is 1. The molecule has 1 heterocycles. The number of hydrogen-bond donors (Lipinski definition) is 1. The van der Waals surface area contributed by atoms with E-state index in [2.05, 4.69) is 11.6 Å². The highest BCUT2D eigenvalue weighted by Gasteiger charge is 2.05. The van der Waals surface area contributed by atoms with Gasteiger partial charge in [0.2, 0.25) is 0 Å². The average Bonchev–Trinajstić information content (AvgIpc) is 2.26. The van der Waals surface area contributed by atoms with Gasteiger partial charge < -0.3 is 4.98 Å². The molecule has 0 bridgehead atoms. The molecule has 0 aliphatic carbocycles. The van der Waals surface area contributed by atoms with Crippen molar-refractivity contribution in [2.24, 2.45) is 0 Å². The number of aromatic amines is 1. The first kappa shape index (κ1) is 10.8. The van der Waals surface area contributed by atoms with Crippen LogP contribution in [0.25, 0.3) is 10.9 Å². The Morgan fingerprint density at radius 3 is 3.00 bits per heavy atom. The number of H-pyrrole nitrogens is 1. The number of para-hydroxylation sites is 1. The predicted octanol–water partition coefficient (Wildman–Crippen LogP) is 2.55. The molecule has 4 heteroatoms. The van der Waals surface area contributed by atoms with Gasteiger partial charge in [0.25, 0.3) is 5.56 Å². The van der Waals surface area contributed by atoms with Gasteiger partial charge in [-0.2, -0.15) is 0 Å². The molecule has 1 N–H and O–H groups in total. The van der Waals surface area contributed by atoms with Crippen molar-refractivity contribution in [1.29, 1.82) is 0 Å². The summed E-state index contributed by atoms with van der Waals surface area (Å²) in [6.45, 7) is 5.99. The zero-order chi connectivity index (χ0) is 11.7. The Labute approximate surface area is 98.1 Å². The van der Waals surface area contributed by atoms with Crippen molar-refractivity contribution in [1.82, 2.24) is 9.55 Å². The van der Waals surface area contributed by atoms with E-state index in [9.17, 15) is 4.79 Å². The summed E-state index contributed by atoms with van der Waals surface area (Å²) in [6.07, 6.45) is 1.66. The fourth-order valence-corrected chi connectivity index (χ4v) is 1.98. The molecule has 0 fully saturated rings. The zero-order valence-electron chi connectivity index (χ0n) is 8.99. The Balaban J connectivity index is 2.95. The maximum absolute atomic E-state index is 12.1. The lowest BCUT2D eigenvalue weighted by Gasteiger charge is -2.06. The summed E-state index contributed by atoms with van der Waals surface area (Å²) in [5.41, 5.74) is 1.77. The van der Waals surface area contributed by atoms with Gasteiger partial charge in [-0.05, 0) is 30.8 Å². The number of nitrogens with zero attached hydrogens (tertiary/aromatic N) is 1. The van der Waals surface area contributed by atoms with Crippen molar-refractivity contribution in [3.05, 3.63) is 51.5 Å². The van der Waals surface area contributed by atoms with Crippen molar-refractivity contribution in [3.8, 4) is 0 Å². The van der Waals surface area contributed by atoms with Crippen LogP contribution in [-0.4, -0.2) is 9.55 Å². The van der Waals surface area contributed by atoms with E-state index < -0.39 is 0 Å². The van der Waals surface area contributed by atoms with Crippen LogP contribution in [0.15, 0.2) is 35.6 Å². The maximum Gasteiger partial charge on any atom is 0.262 e. The second-order valence-electron chi connectivity index (χ2n) is 3.63. The van der Waals surface area contributed by atoms with E-state index in [0.717, 1.165) is 11.1 Å². The van der Waals surface area contributed by atoms with Crippen molar-refractivity contribution >= 4 is 23.1 Å². The van der Waals surface area contributed by atoms with Gasteiger partial charge in [0.05, 0.1) is 10.9 Å². The summed E-state index contributed by atoms with van der Waals surface area (Å²) in [6, 6.07) is 5.62. The third kappa shape index (κ3) is 1.61. The topological polar surface area (TPSA) is 37.8 Å². The molecule has 0 spiro atoms. The predicted molar refractivity (Wildman–Crippen MR) is 68.3 cm³/mol. The smallest absolute Gasteiger partial charge is 0.262 e. The van der Waals surface area contributed by atoms with Gasteiger partial charge in [-0.25, -0.2) is 0 Å². The Hall–Kier alpha value is -1.68. The summed E-state index contributed by atoms with van der Waals surface area (Å²) >= 11 is 5.15. The Morgan fingerprint density at radius 2 is 2.31 bits per heavy atom. The van der Waals surface area contributed by atoms with Gasteiger partial charge >= 0.3 is 0 Å². The largest absolute Gasteiger partial charge is 0.331 e. The molecule has 2 rings (SSSR count). The van der Waals surface area contributed by atoms with Crippen molar-refractivity contribution in [2.45, 2.75) is 13.5 Å². The normalized spacial score (nSPS) is 10.6. The molecular weight excluding hydrogens is 220 g/mol. The van der Waals surface area contributed by atoms with Gasteiger partial charge in [0, 0.05) is 6.54 Å². The lowest BCUT2D eigenvalue weighted by atomic mass is 10.1. The first-order valence-electron chi connectivity index (χ1n) is 4.98. The van der Waals surface area contributed by atoms with E-state index >= 15 is 0 Å². The second kappa shape index (κ2) is 4.06. The Morgan fingerprint density at radius 1 is 1.56 bits per heavy atom. The van der Waals surface area contributed by atoms with Crippen LogP contribution in [-0.2, 0) is 6.54 Å². The molecule has 1 aromatic heterocycles. The number of rotatable bonds is 2. The summed E-state index contributed by atoms with van der Waals surface area (Å²) in [5, 5.41) is 0.662. The van der Waals surface area contributed by atoms with Crippen LogP contribution >= 0.6 is 12.2 Å². The van der Waals surface area contributed by atoms with Crippen LogP contribution in [0.4, 0.5) is 0 Å². The van der Waals surface area contributed by atoms with Gasteiger partial charge in [-0.15, -0.1) is 6.58 Å². The van der Waals surface area contributed by atoms with Crippen molar-refractivity contribution in [3.63, 3.8) is 0 Å². The van der Waals surface area contributed by atoms with Crippen molar-refractivity contribution in [2.75, 3.05) is 0 Å². The first-order chi connectivity index (χ1) is 7.65. The first-order valence-corrected chi connectivity index (χ1v) is 5.39. The Bertz CT molecular complexity index is 667. The molecule has 16 heavy (non-hydrogen) atoms. The molecule has 0 aliphatic rings. The van der Waals surface area contributed by atoms with E-state index in [0.29, 0.717) is 16.7 Å². The molecule has 2 aromatic rings. The molecule has 82 valence electrons. The fraction of sp³-hybridized carbons (Fsp3) is 0.167. The van der Waals surface area contributed by atoms with Crippen LogP contribution in [0.1, 0.15) is 5.56 Å². The van der Waals surface area contributed by atoms with E-state index in [-0.39, 0.29) is 5.56 Å². The zero-order valence-corrected chi connectivity index (χ0v) is 9.80. The highest BCUT2D eigenvalue weighted by Crippen LogP contribution is 2.11. The highest BCUT2D eigenvalue weighted by molar-refractivity contribution is 7.71. The molecule has 0 radical (unpaired) electrons. The minimum Gasteiger partial charge on any atom is -0.331 e. The average molecular weight is 232 g/mol. The fourth-order valence-electron chi connectivity index (χ4n) is 1.72. The third-order valence-electron chi connectivity index (χ3n) is 2.54. The van der Waals surface area contributed by atoms with E-state index in [1.54, 1.807) is 12.1 Å². The molecule has 1 aromatic carbocycles. The van der Waals surface area contributed by atoms with Crippen LogP contribution in [0, 0.1) is 11.7 Å². The quantitative estimate of drug-likeness (QED) is 0.638. The van der Waals surface area contributed by atoms with E-state index in [1.165, 1.54) is 4.57 Å². The van der Waals surface area contributed by atoms with E-state index in [1.807, 2.05) is 19.1 Å². The van der Waals surface area contributed by atoms with E-state index in [4.69, 9.17) is 12.2 Å². The number of aromatic nitrogens is 2. The van der Waals surface area contributed by atoms with Gasteiger partial charge in [0.1, 0.15) is 0 Å². The van der Waals surface area contributed by atoms with Crippen LogP contribution in [0.2, 0.25) is 0 Å². The molecule has 0 amide bonds. The summed E-state index contributed by atoms with van der Waals surface area (Å²) in [4.78, 5) is 15.2. The molecule has 0 unspecified atom stereocenters. The number of fused-ring (bicyclic) bond motifs is 1. The lowest BCUT2D eigenvalue weighted by molar-refractivity contribution is 0.752. The summed E-state index contributed by atoms with van der Waals surface area (Å²) in [5.74, 6) is 0. The Kier molecular flexibility index (Phi) is 2.75. The van der Waals surface area contributed by atoms with Crippen LogP contribution < -0.4 is 5.56 Å². The van der Waals surface area contributed by atoms with Crippen molar-refractivity contribution < 1.29 is 0 Å². The highest BCUT2D eigenvalue weighted by atomic mass is 32.1. The lowest BCUT2D eigenvalue weighted by Crippen LogP contribution is -2.21. The standard InChI is InChI=1S/C12H12N2OS/c1-3-7-14-11(15)9-6-4-5-8(2)10(9)13-12(14)16/h3-6H,1,7H2,2H3,(H,13,16). The number of hydrogen-bond acceptors (Lipinski definition) is 2. The SMILES string of the molecule is C=CCn1c(=S)[nH]c2c(C)cccc2c1=O. The minimum atomic E-state index is -0.0673. The molecule has 0 aliphatic heterocycles. The monoisotopic (exact) mass is 232 g/mol. The molecule has 0 saturated carbocycles. The molecule has 0 saturated heterocycles. The summed E-state index contributed by atoms with van der Waals surface area (Å²) < 4.78 is 1.94.